The van der Waals surface area contributed by atoms with Crippen molar-refractivity contribution in [2.45, 2.75) is 148 Å². The number of hydrogen-bond acceptors (Lipinski definition) is 9. The van der Waals surface area contributed by atoms with E-state index in [4.69, 9.17) is 24.8 Å². The molecule has 262 valence electrons. The van der Waals surface area contributed by atoms with Crippen LogP contribution in [0.25, 0.3) is 0 Å². The summed E-state index contributed by atoms with van der Waals surface area (Å²) >= 11 is 0. The quantitative estimate of drug-likeness (QED) is 0.0290. The van der Waals surface area contributed by atoms with Crippen LogP contribution in [0.4, 0.5) is 0 Å². The van der Waals surface area contributed by atoms with Gasteiger partial charge in [-0.15, -0.1) is 0 Å². The lowest BCUT2D eigenvalue weighted by Crippen LogP contribution is -2.34. The van der Waals surface area contributed by atoms with Crippen molar-refractivity contribution in [3.63, 3.8) is 0 Å². The molecule has 0 aliphatic carbocycles. The van der Waals surface area contributed by atoms with Crippen LogP contribution in [0.1, 0.15) is 136 Å². The second-order valence-corrected chi connectivity index (χ2v) is 12.8. The maximum absolute atomic E-state index is 12.5. The third-order valence-corrected chi connectivity index (χ3v) is 7.88. The molecule has 0 saturated carbocycles. The average Bonchev–Trinajstić information content (AvgIpc) is 3.00. The molecule has 0 aliphatic rings. The predicted molar refractivity (Wildman–Crippen MR) is 176 cm³/mol. The Morgan fingerprint density at radius 1 is 0.689 bits per heavy atom. The number of phosphoric acid groups is 1. The summed E-state index contributed by atoms with van der Waals surface area (Å²) in [5.41, 5.74) is 5.29. The van der Waals surface area contributed by atoms with Crippen LogP contribution >= 0.6 is 7.82 Å². The molecule has 4 N–H and O–H groups in total. The van der Waals surface area contributed by atoms with Gasteiger partial charge in [-0.25, -0.2) is 4.57 Å². The van der Waals surface area contributed by atoms with E-state index in [9.17, 15) is 23.8 Å². The van der Waals surface area contributed by atoms with Crippen molar-refractivity contribution in [3.8, 4) is 0 Å². The minimum absolute atomic E-state index is 0.146. The van der Waals surface area contributed by atoms with E-state index in [1.165, 1.54) is 25.7 Å². The summed E-state index contributed by atoms with van der Waals surface area (Å²) in [5, 5.41) is 8.82. The molecule has 0 aromatic heterocycles. The molecule has 0 aliphatic heterocycles. The number of carboxylic acid groups (broad SMARTS) is 1. The van der Waals surface area contributed by atoms with Crippen molar-refractivity contribution < 1.29 is 47.5 Å². The first-order chi connectivity index (χ1) is 21.6. The molecular formula is C33H60NO10P. The highest BCUT2D eigenvalue weighted by atomic mass is 31.2. The summed E-state index contributed by atoms with van der Waals surface area (Å²) in [6.45, 7) is 2.64. The molecule has 0 aromatic rings. The molecule has 0 fully saturated rings. The summed E-state index contributed by atoms with van der Waals surface area (Å²) < 4.78 is 32.3. The number of carbonyl (C=O) groups is 3. The third-order valence-electron chi connectivity index (χ3n) is 6.93. The Morgan fingerprint density at radius 2 is 1.22 bits per heavy atom. The standard InChI is InChI=1S/C33H60NO10P/c1-3-5-7-9-11-13-14-15-16-17-19-21-23-25-32(36)44-29(27-42-45(39,40)43-28-30(34)33(37)38)26-41-31(35)24-22-20-18-12-10-8-6-4-2/h7,9,13-14,29-30H,3-6,8,10-12,15-28,34H2,1-2H3,(H,37,38)(H,39,40)/b9-7-,14-13-. The van der Waals surface area contributed by atoms with Crippen LogP contribution in [0.5, 0.6) is 0 Å². The van der Waals surface area contributed by atoms with Gasteiger partial charge < -0.3 is 25.2 Å². The maximum Gasteiger partial charge on any atom is 0.472 e. The van der Waals surface area contributed by atoms with Crippen molar-refractivity contribution in [3.05, 3.63) is 24.3 Å². The molecule has 12 heteroatoms. The zero-order valence-corrected chi connectivity index (χ0v) is 28.6. The molecule has 0 radical (unpaired) electrons. The number of aliphatic carboxylic acids is 1. The van der Waals surface area contributed by atoms with Gasteiger partial charge in [0.2, 0.25) is 0 Å². The minimum atomic E-state index is -4.70. The molecular weight excluding hydrogens is 601 g/mol. The van der Waals surface area contributed by atoms with E-state index < -0.39 is 51.1 Å². The monoisotopic (exact) mass is 661 g/mol. The molecule has 0 saturated heterocycles. The van der Waals surface area contributed by atoms with E-state index in [0.717, 1.165) is 70.6 Å². The lowest BCUT2D eigenvalue weighted by atomic mass is 10.1. The number of esters is 2. The number of carboxylic acids is 1. The lowest BCUT2D eigenvalue weighted by Gasteiger charge is -2.20. The van der Waals surface area contributed by atoms with Crippen molar-refractivity contribution in [2.24, 2.45) is 5.73 Å². The Hall–Kier alpha value is -2.04. The fourth-order valence-electron chi connectivity index (χ4n) is 4.22. The Kier molecular flexibility index (Phi) is 28.0. The zero-order chi connectivity index (χ0) is 33.6. The van der Waals surface area contributed by atoms with Crippen LogP contribution < -0.4 is 5.73 Å². The Bertz CT molecular complexity index is 880. The highest BCUT2D eigenvalue weighted by molar-refractivity contribution is 7.47. The van der Waals surface area contributed by atoms with Crippen LogP contribution in [0.15, 0.2) is 24.3 Å². The fraction of sp³-hybridized carbons (Fsp3) is 0.788. The fourth-order valence-corrected chi connectivity index (χ4v) is 5.00. The van der Waals surface area contributed by atoms with Gasteiger partial charge >= 0.3 is 25.7 Å². The predicted octanol–water partition coefficient (Wildman–Crippen LogP) is 7.55. The van der Waals surface area contributed by atoms with E-state index >= 15 is 0 Å². The number of unbranched alkanes of at least 4 members (excludes halogenated alkanes) is 13. The van der Waals surface area contributed by atoms with Crippen molar-refractivity contribution in [1.82, 2.24) is 0 Å². The molecule has 0 amide bonds. The first-order valence-corrected chi connectivity index (χ1v) is 18.4. The molecule has 11 nitrogen and oxygen atoms in total. The van der Waals surface area contributed by atoms with E-state index in [0.29, 0.717) is 12.8 Å². The molecule has 3 unspecified atom stereocenters. The van der Waals surface area contributed by atoms with Crippen molar-refractivity contribution >= 4 is 25.7 Å². The van der Waals surface area contributed by atoms with Crippen LogP contribution in [0.3, 0.4) is 0 Å². The second kappa shape index (κ2) is 29.4. The van der Waals surface area contributed by atoms with Crippen LogP contribution in [-0.2, 0) is 37.5 Å². The number of ether oxygens (including phenoxy) is 2. The maximum atomic E-state index is 12.5. The summed E-state index contributed by atoms with van der Waals surface area (Å²) in [6, 6.07) is -1.52. The first kappa shape index (κ1) is 43.0. The molecule has 45 heavy (non-hydrogen) atoms. The van der Waals surface area contributed by atoms with Crippen molar-refractivity contribution in [1.29, 1.82) is 0 Å². The lowest BCUT2D eigenvalue weighted by molar-refractivity contribution is -0.161. The largest absolute Gasteiger partial charge is 0.480 e. The minimum Gasteiger partial charge on any atom is -0.480 e. The first-order valence-electron chi connectivity index (χ1n) is 16.9. The Labute approximate surface area is 270 Å². The topological polar surface area (TPSA) is 172 Å². The van der Waals surface area contributed by atoms with Crippen LogP contribution in [0, 0.1) is 0 Å². The summed E-state index contributed by atoms with van der Waals surface area (Å²) in [5.74, 6) is -2.41. The number of rotatable bonds is 31. The average molecular weight is 662 g/mol. The highest BCUT2D eigenvalue weighted by Crippen LogP contribution is 2.43. The molecule has 0 spiro atoms. The normalized spacial score (nSPS) is 14.4. The summed E-state index contributed by atoms with van der Waals surface area (Å²) in [4.78, 5) is 45.4. The van der Waals surface area contributed by atoms with Crippen LogP contribution in [0.2, 0.25) is 0 Å². The van der Waals surface area contributed by atoms with Gasteiger partial charge in [0.05, 0.1) is 13.2 Å². The van der Waals surface area contributed by atoms with Gasteiger partial charge in [0.25, 0.3) is 0 Å². The molecule has 0 aromatic carbocycles. The molecule has 0 heterocycles. The summed E-state index contributed by atoms with van der Waals surface area (Å²) in [7, 11) is -4.70. The van der Waals surface area contributed by atoms with Gasteiger partial charge in [0.15, 0.2) is 6.10 Å². The van der Waals surface area contributed by atoms with Gasteiger partial charge in [0.1, 0.15) is 12.6 Å². The summed E-state index contributed by atoms with van der Waals surface area (Å²) in [6.07, 6.45) is 25.6. The third kappa shape index (κ3) is 29.1. The van der Waals surface area contributed by atoms with Gasteiger partial charge in [-0.2, -0.15) is 0 Å². The van der Waals surface area contributed by atoms with E-state index in [2.05, 4.69) is 42.7 Å². The highest BCUT2D eigenvalue weighted by Gasteiger charge is 2.28. The van der Waals surface area contributed by atoms with E-state index in [-0.39, 0.29) is 19.4 Å². The van der Waals surface area contributed by atoms with E-state index in [1.807, 2.05) is 0 Å². The molecule has 0 bridgehead atoms. The Balaban J connectivity index is 4.53. The Morgan fingerprint density at radius 3 is 1.82 bits per heavy atom. The molecule has 3 atom stereocenters. The number of hydrogen-bond donors (Lipinski definition) is 3. The SMILES string of the molecule is CCC/C=C\C/C=C\CCCCCCCC(=O)OC(COC(=O)CCCCCCCCCC)COP(=O)(O)OCC(N)C(=O)O. The van der Waals surface area contributed by atoms with E-state index in [1.54, 1.807) is 0 Å². The van der Waals surface area contributed by atoms with Crippen molar-refractivity contribution in [2.75, 3.05) is 19.8 Å². The van der Waals surface area contributed by atoms with Gasteiger partial charge in [-0.05, 0) is 38.5 Å². The number of phosphoric ester groups is 1. The number of carbonyl (C=O) groups excluding carboxylic acids is 2. The van der Waals surface area contributed by atoms with Gasteiger partial charge in [0, 0.05) is 12.8 Å². The smallest absolute Gasteiger partial charge is 0.472 e. The van der Waals surface area contributed by atoms with Crippen LogP contribution in [-0.4, -0.2) is 59.9 Å². The number of allylic oxidation sites excluding steroid dienone is 4. The van der Waals surface area contributed by atoms with Gasteiger partial charge in [-0.1, -0.05) is 109 Å². The number of nitrogens with two attached hydrogens (primary N) is 1. The zero-order valence-electron chi connectivity index (χ0n) is 27.7. The van der Waals surface area contributed by atoms with Gasteiger partial charge in [-0.3, -0.25) is 23.4 Å². The molecule has 0 rings (SSSR count). The second-order valence-electron chi connectivity index (χ2n) is 11.3.